The Morgan fingerprint density at radius 1 is 0.895 bits per heavy atom. The largest absolute Gasteiger partial charge is 0.392 e. The highest BCUT2D eigenvalue weighted by Gasteiger charge is 2.46. The molecule has 2 aromatic rings. The second-order valence-electron chi connectivity index (χ2n) is 5.44. The van der Waals surface area contributed by atoms with Crippen LogP contribution < -0.4 is 0 Å². The summed E-state index contributed by atoms with van der Waals surface area (Å²) in [6, 6.07) is 15.5. The molecule has 0 aliphatic heterocycles. The van der Waals surface area contributed by atoms with E-state index in [2.05, 4.69) is 0 Å². The Hall–Kier alpha value is -1.93. The number of carbonyl (C=O) groups excluding carboxylic acids is 1. The first-order valence-electron chi connectivity index (χ1n) is 6.68. The molecular weight excluding hydrogens is 236 g/mol. The molecule has 2 aromatic carbocycles. The maximum Gasteiger partial charge on any atom is 0.193 e. The van der Waals surface area contributed by atoms with Crippen LogP contribution in [0.3, 0.4) is 0 Å². The molecule has 0 spiro atoms. The van der Waals surface area contributed by atoms with Gasteiger partial charge >= 0.3 is 0 Å². The number of hydrogen-bond donors (Lipinski definition) is 1. The molecule has 94 valence electrons. The zero-order chi connectivity index (χ0) is 13.0. The van der Waals surface area contributed by atoms with E-state index in [1.807, 2.05) is 48.5 Å². The maximum absolute atomic E-state index is 12.7. The van der Waals surface area contributed by atoms with E-state index in [9.17, 15) is 9.90 Å². The Labute approximate surface area is 111 Å². The number of benzene rings is 2. The maximum atomic E-state index is 12.7. The summed E-state index contributed by atoms with van der Waals surface area (Å²) in [7, 11) is 0. The number of aliphatic hydroxyl groups is 1. The lowest BCUT2D eigenvalue weighted by molar-refractivity contribution is 0.0448. The average molecular weight is 250 g/mol. The van der Waals surface area contributed by atoms with Gasteiger partial charge in [0.05, 0.1) is 6.10 Å². The monoisotopic (exact) mass is 250 g/mol. The average Bonchev–Trinajstić information content (AvgIpc) is 2.52. The predicted molar refractivity (Wildman–Crippen MR) is 72.4 cm³/mol. The number of ketones is 1. The van der Waals surface area contributed by atoms with Crippen LogP contribution in [0.2, 0.25) is 0 Å². The van der Waals surface area contributed by atoms with Gasteiger partial charge in [-0.15, -0.1) is 0 Å². The highest BCUT2D eigenvalue weighted by Crippen LogP contribution is 2.52. The topological polar surface area (TPSA) is 37.3 Å². The molecule has 19 heavy (non-hydrogen) atoms. The number of fused-ring (bicyclic) bond motifs is 5. The highest BCUT2D eigenvalue weighted by atomic mass is 16.3. The van der Waals surface area contributed by atoms with Crippen LogP contribution in [0, 0.1) is 0 Å². The highest BCUT2D eigenvalue weighted by molar-refractivity contribution is 6.11. The number of carbonyl (C=O) groups is 1. The lowest BCUT2D eigenvalue weighted by Gasteiger charge is -2.42. The third kappa shape index (κ3) is 1.38. The van der Waals surface area contributed by atoms with Crippen LogP contribution in [0.5, 0.6) is 0 Å². The van der Waals surface area contributed by atoms with Crippen LogP contribution in [0.1, 0.15) is 45.3 Å². The zero-order valence-electron chi connectivity index (χ0n) is 10.4. The van der Waals surface area contributed by atoms with Gasteiger partial charge in [0, 0.05) is 17.0 Å². The molecule has 2 aliphatic rings. The van der Waals surface area contributed by atoms with Crippen LogP contribution in [0.25, 0.3) is 0 Å². The van der Waals surface area contributed by atoms with Crippen molar-refractivity contribution in [1.82, 2.24) is 0 Å². The summed E-state index contributed by atoms with van der Waals surface area (Å²) in [4.78, 5) is 12.7. The lowest BCUT2D eigenvalue weighted by atomic mass is 9.65. The van der Waals surface area contributed by atoms with E-state index in [0.29, 0.717) is 0 Å². The van der Waals surface area contributed by atoms with Crippen molar-refractivity contribution < 1.29 is 9.90 Å². The molecular formula is C17H14O2. The first-order chi connectivity index (χ1) is 9.27. The Balaban J connectivity index is 2.02. The molecule has 0 saturated heterocycles. The van der Waals surface area contributed by atoms with E-state index in [1.165, 1.54) is 0 Å². The van der Waals surface area contributed by atoms with Gasteiger partial charge in [0.1, 0.15) is 0 Å². The fourth-order valence-corrected chi connectivity index (χ4v) is 3.54. The van der Waals surface area contributed by atoms with Gasteiger partial charge in [-0.05, 0) is 23.5 Å². The summed E-state index contributed by atoms with van der Waals surface area (Å²) >= 11 is 0. The zero-order valence-corrected chi connectivity index (χ0v) is 10.4. The number of rotatable bonds is 0. The first kappa shape index (κ1) is 10.9. The quantitative estimate of drug-likeness (QED) is 0.780. The predicted octanol–water partition coefficient (Wildman–Crippen LogP) is 2.86. The molecule has 0 radical (unpaired) electrons. The smallest absolute Gasteiger partial charge is 0.193 e. The van der Waals surface area contributed by atoms with Crippen molar-refractivity contribution in [2.24, 2.45) is 0 Å². The summed E-state index contributed by atoms with van der Waals surface area (Å²) in [5.41, 5.74) is 3.65. The van der Waals surface area contributed by atoms with Gasteiger partial charge in [-0.1, -0.05) is 48.5 Å². The van der Waals surface area contributed by atoms with Gasteiger partial charge in [0.15, 0.2) is 5.78 Å². The van der Waals surface area contributed by atoms with Crippen LogP contribution in [0.15, 0.2) is 48.5 Å². The molecule has 1 fully saturated rings. The Morgan fingerprint density at radius 3 is 2.16 bits per heavy atom. The molecule has 3 unspecified atom stereocenters. The molecule has 2 heteroatoms. The van der Waals surface area contributed by atoms with Crippen LogP contribution >= 0.6 is 0 Å². The molecule has 0 heterocycles. The minimum absolute atomic E-state index is 0.0730. The van der Waals surface area contributed by atoms with E-state index in [1.54, 1.807) is 0 Å². The Kier molecular flexibility index (Phi) is 2.18. The first-order valence-corrected chi connectivity index (χ1v) is 6.68. The third-order valence-corrected chi connectivity index (χ3v) is 4.51. The normalized spacial score (nSPS) is 27.6. The second-order valence-corrected chi connectivity index (χ2v) is 5.44. The summed E-state index contributed by atoms with van der Waals surface area (Å²) in [6.07, 6.45) is 0.425. The number of hydrogen-bond acceptors (Lipinski definition) is 2. The molecule has 0 aromatic heterocycles. The molecule has 0 bridgehead atoms. The molecule has 1 saturated carbocycles. The molecule has 2 aliphatic carbocycles. The van der Waals surface area contributed by atoms with Crippen LogP contribution in [-0.2, 0) is 0 Å². The summed E-state index contributed by atoms with van der Waals surface area (Å²) < 4.78 is 0. The Bertz CT molecular complexity index is 674. The summed E-state index contributed by atoms with van der Waals surface area (Å²) in [5.74, 6) is 0.440. The van der Waals surface area contributed by atoms with Crippen molar-refractivity contribution in [3.63, 3.8) is 0 Å². The molecule has 2 nitrogen and oxygen atoms in total. The molecule has 1 N–H and O–H groups in total. The van der Waals surface area contributed by atoms with Gasteiger partial charge < -0.3 is 5.11 Å². The lowest BCUT2D eigenvalue weighted by Crippen LogP contribution is -2.37. The van der Waals surface area contributed by atoms with Gasteiger partial charge in [-0.25, -0.2) is 0 Å². The van der Waals surface area contributed by atoms with E-state index >= 15 is 0 Å². The third-order valence-electron chi connectivity index (χ3n) is 4.51. The van der Waals surface area contributed by atoms with Crippen molar-refractivity contribution >= 4 is 5.78 Å². The number of aliphatic hydroxyl groups excluding tert-OH is 1. The van der Waals surface area contributed by atoms with Gasteiger partial charge in [0.25, 0.3) is 0 Å². The van der Waals surface area contributed by atoms with Crippen LogP contribution in [-0.4, -0.2) is 17.0 Å². The SMILES string of the molecule is O=C1c2ccccc2C2CC(O)C2c2ccccc21. The van der Waals surface area contributed by atoms with E-state index in [-0.39, 0.29) is 23.7 Å². The molecule has 4 rings (SSSR count). The van der Waals surface area contributed by atoms with E-state index in [4.69, 9.17) is 0 Å². The minimum Gasteiger partial charge on any atom is -0.392 e. The Morgan fingerprint density at radius 2 is 1.47 bits per heavy atom. The van der Waals surface area contributed by atoms with Crippen molar-refractivity contribution in [2.75, 3.05) is 0 Å². The van der Waals surface area contributed by atoms with Gasteiger partial charge in [-0.2, -0.15) is 0 Å². The molecule has 0 amide bonds. The van der Waals surface area contributed by atoms with Crippen LogP contribution in [0.4, 0.5) is 0 Å². The van der Waals surface area contributed by atoms with Gasteiger partial charge in [-0.3, -0.25) is 4.79 Å². The van der Waals surface area contributed by atoms with Gasteiger partial charge in [0.2, 0.25) is 0 Å². The summed E-state index contributed by atoms with van der Waals surface area (Å²) in [6.45, 7) is 0. The van der Waals surface area contributed by atoms with E-state index in [0.717, 1.165) is 28.7 Å². The molecule has 3 atom stereocenters. The van der Waals surface area contributed by atoms with Crippen molar-refractivity contribution in [3.8, 4) is 0 Å². The second kappa shape index (κ2) is 3.78. The minimum atomic E-state index is -0.329. The van der Waals surface area contributed by atoms with E-state index < -0.39 is 0 Å². The van der Waals surface area contributed by atoms with Crippen molar-refractivity contribution in [1.29, 1.82) is 0 Å². The summed E-state index contributed by atoms with van der Waals surface area (Å²) in [5, 5.41) is 10.1. The standard InChI is InChI=1S/C17H14O2/c18-15-9-14-10-5-1-3-7-12(10)17(19)13-8-4-2-6-11(13)16(14)15/h1-8,14-16,18H,9H2. The van der Waals surface area contributed by atoms with Crippen molar-refractivity contribution in [2.45, 2.75) is 24.4 Å². The fraction of sp³-hybridized carbons (Fsp3) is 0.235. The van der Waals surface area contributed by atoms with Crippen molar-refractivity contribution in [3.05, 3.63) is 70.8 Å². The fourth-order valence-electron chi connectivity index (χ4n) is 3.54.